The predicted molar refractivity (Wildman–Crippen MR) is 49.1 cm³/mol. The Morgan fingerprint density at radius 2 is 2.00 bits per heavy atom. The number of rotatable bonds is 2. The van der Waals surface area contributed by atoms with Crippen LogP contribution < -0.4 is 4.90 Å². The molecule has 0 atom stereocenters. The number of phenols is 1. The van der Waals surface area contributed by atoms with Crippen molar-refractivity contribution in [3.8, 4) is 5.75 Å². The van der Waals surface area contributed by atoms with Crippen LogP contribution in [0.25, 0.3) is 0 Å². The van der Waals surface area contributed by atoms with Crippen molar-refractivity contribution in [3.63, 3.8) is 0 Å². The Bertz CT molecular complexity index is 336. The summed E-state index contributed by atoms with van der Waals surface area (Å²) in [7, 11) is 3.50. The summed E-state index contributed by atoms with van der Waals surface area (Å²) in [5.41, 5.74) is 0.496. The van der Waals surface area contributed by atoms with Crippen LogP contribution in [-0.4, -0.2) is 24.1 Å². The Labute approximate surface area is 75.4 Å². The summed E-state index contributed by atoms with van der Waals surface area (Å²) < 4.78 is 0. The fourth-order valence-corrected chi connectivity index (χ4v) is 0.943. The smallest absolute Gasteiger partial charge is 0.275 e. The van der Waals surface area contributed by atoms with E-state index in [1.165, 1.54) is 12.1 Å². The number of hydrogen-bond acceptors (Lipinski definition) is 4. The highest BCUT2D eigenvalue weighted by molar-refractivity contribution is 5.56. The van der Waals surface area contributed by atoms with Crippen molar-refractivity contribution in [2.24, 2.45) is 0 Å². The summed E-state index contributed by atoms with van der Waals surface area (Å²) in [5, 5.41) is 19.6. The molecule has 0 aromatic heterocycles. The van der Waals surface area contributed by atoms with E-state index in [1.807, 2.05) is 0 Å². The van der Waals surface area contributed by atoms with Crippen LogP contribution in [0.1, 0.15) is 0 Å². The van der Waals surface area contributed by atoms with Crippen LogP contribution in [0.15, 0.2) is 18.2 Å². The lowest BCUT2D eigenvalue weighted by molar-refractivity contribution is -0.384. The normalized spacial score (nSPS) is 9.69. The zero-order valence-corrected chi connectivity index (χ0v) is 7.39. The number of nitrogens with zero attached hydrogens (tertiary/aromatic N) is 2. The van der Waals surface area contributed by atoms with Crippen LogP contribution in [0.5, 0.6) is 5.75 Å². The Balaban J connectivity index is 3.19. The molecule has 1 aromatic carbocycles. The van der Waals surface area contributed by atoms with Gasteiger partial charge in [0.2, 0.25) is 0 Å². The lowest BCUT2D eigenvalue weighted by atomic mass is 10.2. The van der Waals surface area contributed by atoms with E-state index in [0.717, 1.165) is 6.07 Å². The van der Waals surface area contributed by atoms with Gasteiger partial charge in [0.05, 0.1) is 11.0 Å². The summed E-state index contributed by atoms with van der Waals surface area (Å²) in [6.45, 7) is 0. The molecule has 0 spiro atoms. The summed E-state index contributed by atoms with van der Waals surface area (Å²) in [4.78, 5) is 11.6. The number of nitro groups is 1. The molecular weight excluding hydrogens is 172 g/mol. The van der Waals surface area contributed by atoms with Gasteiger partial charge in [-0.1, -0.05) is 0 Å². The van der Waals surface area contributed by atoms with Crippen molar-refractivity contribution in [1.29, 1.82) is 0 Å². The summed E-state index contributed by atoms with van der Waals surface area (Å²) in [5.74, 6) is -0.0992. The third-order valence-corrected chi connectivity index (χ3v) is 1.61. The van der Waals surface area contributed by atoms with E-state index in [4.69, 9.17) is 5.11 Å². The van der Waals surface area contributed by atoms with E-state index in [-0.39, 0.29) is 11.4 Å². The van der Waals surface area contributed by atoms with Crippen molar-refractivity contribution in [2.45, 2.75) is 0 Å². The number of nitro benzene ring substituents is 1. The molecule has 0 bridgehead atoms. The highest BCUT2D eigenvalue weighted by Crippen LogP contribution is 2.26. The number of anilines is 1. The fraction of sp³-hybridized carbons (Fsp3) is 0.250. The van der Waals surface area contributed by atoms with Gasteiger partial charge in [0.1, 0.15) is 5.75 Å². The van der Waals surface area contributed by atoms with Crippen LogP contribution in [0, 0.1) is 10.1 Å². The maximum atomic E-state index is 10.4. The van der Waals surface area contributed by atoms with Gasteiger partial charge in [0.15, 0.2) is 0 Å². The first kappa shape index (κ1) is 9.31. The molecule has 0 unspecified atom stereocenters. The summed E-state index contributed by atoms with van der Waals surface area (Å²) in [6.07, 6.45) is 0. The molecular formula is C8H10N2O3. The fourth-order valence-electron chi connectivity index (χ4n) is 0.943. The number of non-ortho nitro benzene ring substituents is 1. The Kier molecular flexibility index (Phi) is 2.36. The van der Waals surface area contributed by atoms with Gasteiger partial charge in [0, 0.05) is 31.9 Å². The van der Waals surface area contributed by atoms with Crippen molar-refractivity contribution in [1.82, 2.24) is 0 Å². The molecule has 70 valence electrons. The van der Waals surface area contributed by atoms with Gasteiger partial charge >= 0.3 is 0 Å². The maximum absolute atomic E-state index is 10.4. The number of phenolic OH excluding ortho intramolecular Hbond substituents is 1. The lowest BCUT2D eigenvalue weighted by Gasteiger charge is -2.11. The van der Waals surface area contributed by atoms with Crippen LogP contribution in [0.3, 0.4) is 0 Å². The molecule has 0 fully saturated rings. The number of aromatic hydroxyl groups is 1. The van der Waals surface area contributed by atoms with Gasteiger partial charge < -0.3 is 10.0 Å². The minimum absolute atomic E-state index is 0.0992. The minimum Gasteiger partial charge on any atom is -0.508 e. The molecule has 0 saturated carbocycles. The molecule has 0 radical (unpaired) electrons. The second-order valence-corrected chi connectivity index (χ2v) is 2.86. The summed E-state index contributed by atoms with van der Waals surface area (Å²) >= 11 is 0. The zero-order valence-electron chi connectivity index (χ0n) is 7.39. The molecule has 1 aromatic rings. The molecule has 1 rings (SSSR count). The molecule has 5 heteroatoms. The molecule has 0 aliphatic rings. The van der Waals surface area contributed by atoms with Crippen molar-refractivity contribution >= 4 is 11.4 Å². The van der Waals surface area contributed by atoms with Gasteiger partial charge in [0.25, 0.3) is 5.69 Å². The van der Waals surface area contributed by atoms with E-state index in [2.05, 4.69) is 0 Å². The van der Waals surface area contributed by atoms with E-state index in [9.17, 15) is 10.1 Å². The first-order valence-corrected chi connectivity index (χ1v) is 3.66. The Morgan fingerprint density at radius 3 is 2.46 bits per heavy atom. The molecule has 0 heterocycles. The van der Waals surface area contributed by atoms with Crippen LogP contribution in [0.2, 0.25) is 0 Å². The van der Waals surface area contributed by atoms with E-state index >= 15 is 0 Å². The maximum Gasteiger partial charge on any atom is 0.275 e. The standard InChI is InChI=1S/C8H10N2O3/c1-9(2)6-3-7(10(12)13)5-8(11)4-6/h3-5,11H,1-2H3. The Morgan fingerprint density at radius 1 is 1.38 bits per heavy atom. The number of benzene rings is 1. The van der Waals surface area contributed by atoms with E-state index in [0.29, 0.717) is 5.69 Å². The molecule has 0 aliphatic carbocycles. The Hall–Kier alpha value is -1.78. The zero-order chi connectivity index (χ0) is 10.0. The highest BCUT2D eigenvalue weighted by atomic mass is 16.6. The average molecular weight is 182 g/mol. The first-order valence-electron chi connectivity index (χ1n) is 3.66. The van der Waals surface area contributed by atoms with Crippen LogP contribution >= 0.6 is 0 Å². The SMILES string of the molecule is CN(C)c1cc(O)cc([N+](=O)[O-])c1. The molecule has 1 N–H and O–H groups in total. The van der Waals surface area contributed by atoms with Crippen molar-refractivity contribution in [2.75, 3.05) is 19.0 Å². The number of hydrogen-bond donors (Lipinski definition) is 1. The predicted octanol–water partition coefficient (Wildman–Crippen LogP) is 1.37. The summed E-state index contributed by atoms with van der Waals surface area (Å²) in [6, 6.07) is 3.99. The second kappa shape index (κ2) is 3.30. The third kappa shape index (κ3) is 2.08. The van der Waals surface area contributed by atoms with Gasteiger partial charge in [-0.3, -0.25) is 10.1 Å². The average Bonchev–Trinajstić information content (AvgIpc) is 2.03. The third-order valence-electron chi connectivity index (χ3n) is 1.61. The van der Waals surface area contributed by atoms with Crippen LogP contribution in [0.4, 0.5) is 11.4 Å². The minimum atomic E-state index is -0.535. The highest BCUT2D eigenvalue weighted by Gasteiger charge is 2.09. The van der Waals surface area contributed by atoms with E-state index < -0.39 is 4.92 Å². The van der Waals surface area contributed by atoms with Gasteiger partial charge in [-0.2, -0.15) is 0 Å². The lowest BCUT2D eigenvalue weighted by Crippen LogP contribution is -2.08. The molecule has 0 aliphatic heterocycles. The van der Waals surface area contributed by atoms with Crippen molar-refractivity contribution in [3.05, 3.63) is 28.3 Å². The quantitative estimate of drug-likeness (QED) is 0.554. The molecule has 13 heavy (non-hydrogen) atoms. The van der Waals surface area contributed by atoms with Gasteiger partial charge in [-0.15, -0.1) is 0 Å². The van der Waals surface area contributed by atoms with Gasteiger partial charge in [-0.25, -0.2) is 0 Å². The molecule has 0 amide bonds. The van der Waals surface area contributed by atoms with Crippen LogP contribution in [-0.2, 0) is 0 Å². The first-order chi connectivity index (χ1) is 6.00. The van der Waals surface area contributed by atoms with Gasteiger partial charge in [-0.05, 0) is 0 Å². The monoisotopic (exact) mass is 182 g/mol. The topological polar surface area (TPSA) is 66.6 Å². The van der Waals surface area contributed by atoms with Crippen molar-refractivity contribution < 1.29 is 10.0 Å². The second-order valence-electron chi connectivity index (χ2n) is 2.86. The molecule has 5 nitrogen and oxygen atoms in total. The molecule has 0 saturated heterocycles. The van der Waals surface area contributed by atoms with E-state index in [1.54, 1.807) is 19.0 Å². The largest absolute Gasteiger partial charge is 0.508 e.